The van der Waals surface area contributed by atoms with Crippen LogP contribution in [-0.4, -0.2) is 53.5 Å². The van der Waals surface area contributed by atoms with E-state index in [1.165, 1.54) is 37.5 Å². The first kappa shape index (κ1) is 18.6. The number of carbonyl (C=O) groups excluding carboxylic acids is 2. The summed E-state index contributed by atoms with van der Waals surface area (Å²) in [5.74, 6) is -0.676. The molecule has 0 saturated carbocycles. The van der Waals surface area contributed by atoms with Crippen molar-refractivity contribution >= 4 is 23.3 Å². The normalized spacial score (nSPS) is 21.2. The summed E-state index contributed by atoms with van der Waals surface area (Å²) in [6, 6.07) is 4.84. The molecular formula is C19H27FN4O2. The van der Waals surface area contributed by atoms with Crippen LogP contribution in [0.1, 0.15) is 39.5 Å². The molecule has 2 N–H and O–H groups in total. The highest BCUT2D eigenvalue weighted by Gasteiger charge is 2.37. The molecule has 2 heterocycles. The number of nitrogens with zero attached hydrogens (tertiary/aromatic N) is 2. The summed E-state index contributed by atoms with van der Waals surface area (Å²) in [6.07, 6.45) is 4.04. The topological polar surface area (TPSA) is 64.7 Å². The van der Waals surface area contributed by atoms with Gasteiger partial charge < -0.3 is 15.5 Å². The molecule has 1 atom stereocenters. The summed E-state index contributed by atoms with van der Waals surface area (Å²) in [7, 11) is 0. The fourth-order valence-electron chi connectivity index (χ4n) is 3.64. The fraction of sp³-hybridized carbons (Fsp3) is 0.579. The lowest BCUT2D eigenvalue weighted by Crippen LogP contribution is -2.64. The van der Waals surface area contributed by atoms with Crippen molar-refractivity contribution in [3.63, 3.8) is 0 Å². The van der Waals surface area contributed by atoms with Gasteiger partial charge in [-0.05, 0) is 44.5 Å². The average Bonchev–Trinajstić information content (AvgIpc) is 2.58. The van der Waals surface area contributed by atoms with Crippen LogP contribution in [0.15, 0.2) is 18.2 Å². The molecule has 2 fully saturated rings. The smallest absolute Gasteiger partial charge is 0.322 e. The Morgan fingerprint density at radius 1 is 1.23 bits per heavy atom. The number of likely N-dealkylation sites (tertiary alicyclic amines) is 2. The van der Waals surface area contributed by atoms with E-state index in [1.807, 2.05) is 0 Å². The summed E-state index contributed by atoms with van der Waals surface area (Å²) in [6.45, 7) is 6.42. The first-order chi connectivity index (χ1) is 12.5. The van der Waals surface area contributed by atoms with Crippen molar-refractivity contribution in [2.75, 3.05) is 30.3 Å². The van der Waals surface area contributed by atoms with Gasteiger partial charge in [0, 0.05) is 37.3 Å². The number of benzene rings is 1. The number of carbonyl (C=O) groups is 2. The zero-order chi connectivity index (χ0) is 18.7. The molecule has 0 bridgehead atoms. The Kier molecular flexibility index (Phi) is 5.76. The quantitative estimate of drug-likeness (QED) is 0.864. The third-order valence-corrected chi connectivity index (χ3v) is 5.29. The molecule has 2 saturated heterocycles. The van der Waals surface area contributed by atoms with Crippen molar-refractivity contribution in [1.82, 2.24) is 9.80 Å². The van der Waals surface area contributed by atoms with E-state index in [1.54, 1.807) is 11.8 Å². The van der Waals surface area contributed by atoms with Gasteiger partial charge in [-0.15, -0.1) is 0 Å². The largest absolute Gasteiger partial charge is 0.326 e. The van der Waals surface area contributed by atoms with Crippen LogP contribution in [0.3, 0.4) is 0 Å². The van der Waals surface area contributed by atoms with Gasteiger partial charge in [-0.1, -0.05) is 13.3 Å². The monoisotopic (exact) mass is 362 g/mol. The van der Waals surface area contributed by atoms with Crippen LogP contribution in [0.5, 0.6) is 0 Å². The van der Waals surface area contributed by atoms with Crippen LogP contribution in [0, 0.1) is 5.82 Å². The summed E-state index contributed by atoms with van der Waals surface area (Å²) in [4.78, 5) is 28.0. The van der Waals surface area contributed by atoms with Crippen molar-refractivity contribution < 1.29 is 14.0 Å². The number of piperidine rings is 1. The van der Waals surface area contributed by atoms with E-state index in [-0.39, 0.29) is 17.6 Å². The molecule has 26 heavy (non-hydrogen) atoms. The molecule has 1 aromatic carbocycles. The zero-order valence-corrected chi connectivity index (χ0v) is 15.4. The van der Waals surface area contributed by atoms with Crippen LogP contribution in [0.25, 0.3) is 0 Å². The van der Waals surface area contributed by atoms with Crippen LogP contribution in [0.4, 0.5) is 20.6 Å². The van der Waals surface area contributed by atoms with Gasteiger partial charge >= 0.3 is 6.03 Å². The number of amides is 3. The first-order valence-electron chi connectivity index (χ1n) is 9.39. The number of rotatable bonds is 4. The highest BCUT2D eigenvalue weighted by atomic mass is 19.1. The summed E-state index contributed by atoms with van der Waals surface area (Å²) in [5, 5.41) is 5.29. The van der Waals surface area contributed by atoms with Gasteiger partial charge in [0.15, 0.2) is 0 Å². The van der Waals surface area contributed by atoms with Crippen LogP contribution < -0.4 is 10.6 Å². The summed E-state index contributed by atoms with van der Waals surface area (Å²) < 4.78 is 14.0. The van der Waals surface area contributed by atoms with E-state index in [4.69, 9.17) is 0 Å². The molecule has 6 nitrogen and oxygen atoms in total. The van der Waals surface area contributed by atoms with Crippen LogP contribution in [0.2, 0.25) is 0 Å². The molecule has 2 aliphatic heterocycles. The molecule has 0 radical (unpaired) electrons. The lowest BCUT2D eigenvalue weighted by atomic mass is 9.98. The molecule has 0 aromatic heterocycles. The maximum absolute atomic E-state index is 14.0. The van der Waals surface area contributed by atoms with Gasteiger partial charge in [0.1, 0.15) is 5.82 Å². The molecule has 3 amide bonds. The minimum absolute atomic E-state index is 0.0821. The number of halogens is 1. The number of urea groups is 1. The zero-order valence-electron chi connectivity index (χ0n) is 15.4. The van der Waals surface area contributed by atoms with E-state index < -0.39 is 5.82 Å². The van der Waals surface area contributed by atoms with Crippen molar-refractivity contribution in [1.29, 1.82) is 0 Å². The molecule has 7 heteroatoms. The van der Waals surface area contributed by atoms with Gasteiger partial charge in [0.2, 0.25) is 5.91 Å². The molecule has 1 aromatic rings. The second-order valence-electron chi connectivity index (χ2n) is 7.17. The van der Waals surface area contributed by atoms with E-state index in [2.05, 4.69) is 22.5 Å². The third-order valence-electron chi connectivity index (χ3n) is 5.29. The van der Waals surface area contributed by atoms with E-state index in [0.29, 0.717) is 37.3 Å². The second kappa shape index (κ2) is 8.03. The molecule has 0 aliphatic carbocycles. The number of anilines is 2. The van der Waals surface area contributed by atoms with Gasteiger partial charge in [-0.25, -0.2) is 9.18 Å². The van der Waals surface area contributed by atoms with E-state index in [9.17, 15) is 14.0 Å². The van der Waals surface area contributed by atoms with Gasteiger partial charge in [-0.2, -0.15) is 0 Å². The van der Waals surface area contributed by atoms with Crippen molar-refractivity contribution in [2.45, 2.75) is 51.6 Å². The SMILES string of the molecule is CCC(=O)Nc1ccc(F)c(NC(=O)N2CC(N3CCCCC3C)C2)c1. The van der Waals surface area contributed by atoms with E-state index in [0.717, 1.165) is 6.54 Å². The molecule has 0 spiro atoms. The number of hydrogen-bond donors (Lipinski definition) is 2. The highest BCUT2D eigenvalue weighted by Crippen LogP contribution is 2.26. The number of nitrogens with one attached hydrogen (secondary N) is 2. The number of hydrogen-bond acceptors (Lipinski definition) is 3. The minimum Gasteiger partial charge on any atom is -0.326 e. The molecule has 2 aliphatic rings. The lowest BCUT2D eigenvalue weighted by molar-refractivity contribution is -0.115. The Morgan fingerprint density at radius 2 is 2.00 bits per heavy atom. The maximum Gasteiger partial charge on any atom is 0.322 e. The van der Waals surface area contributed by atoms with Crippen LogP contribution in [-0.2, 0) is 4.79 Å². The van der Waals surface area contributed by atoms with Gasteiger partial charge in [-0.3, -0.25) is 9.69 Å². The average molecular weight is 362 g/mol. The first-order valence-corrected chi connectivity index (χ1v) is 9.39. The Balaban J connectivity index is 1.55. The maximum atomic E-state index is 14.0. The third kappa shape index (κ3) is 4.15. The Labute approximate surface area is 153 Å². The molecule has 3 rings (SSSR count). The Hall–Kier alpha value is -2.15. The molecular weight excluding hydrogens is 335 g/mol. The van der Waals surface area contributed by atoms with E-state index >= 15 is 0 Å². The predicted molar refractivity (Wildman–Crippen MR) is 99.7 cm³/mol. The minimum atomic E-state index is -0.519. The highest BCUT2D eigenvalue weighted by molar-refractivity contribution is 5.93. The molecule has 142 valence electrons. The van der Waals surface area contributed by atoms with Crippen molar-refractivity contribution in [3.05, 3.63) is 24.0 Å². The van der Waals surface area contributed by atoms with Crippen molar-refractivity contribution in [2.24, 2.45) is 0 Å². The summed E-state index contributed by atoms with van der Waals surface area (Å²) in [5.41, 5.74) is 0.552. The predicted octanol–water partition coefficient (Wildman–Crippen LogP) is 3.26. The Morgan fingerprint density at radius 3 is 2.69 bits per heavy atom. The van der Waals surface area contributed by atoms with Crippen molar-refractivity contribution in [3.8, 4) is 0 Å². The van der Waals surface area contributed by atoms with Crippen LogP contribution >= 0.6 is 0 Å². The standard InChI is InChI=1S/C19H27FN4O2/c1-3-18(25)21-14-7-8-16(20)17(10-14)22-19(26)23-11-15(12-23)24-9-5-4-6-13(24)2/h7-8,10,13,15H,3-6,9,11-12H2,1-2H3,(H,21,25)(H,22,26). The van der Waals surface area contributed by atoms with Gasteiger partial charge in [0.05, 0.1) is 5.69 Å². The Bertz CT molecular complexity index is 676. The summed E-state index contributed by atoms with van der Waals surface area (Å²) >= 11 is 0. The molecule has 1 unspecified atom stereocenters. The lowest BCUT2D eigenvalue weighted by Gasteiger charge is -2.49. The fourth-order valence-corrected chi connectivity index (χ4v) is 3.64. The van der Waals surface area contributed by atoms with Gasteiger partial charge in [0.25, 0.3) is 0 Å². The second-order valence-corrected chi connectivity index (χ2v) is 7.17.